The molecule has 0 spiro atoms. The highest BCUT2D eigenvalue weighted by Crippen LogP contribution is 2.15. The van der Waals surface area contributed by atoms with Gasteiger partial charge in [-0.1, -0.05) is 0 Å². The molecule has 1 N–H and O–H groups in total. The van der Waals surface area contributed by atoms with E-state index < -0.39 is 0 Å². The smallest absolute Gasteiger partial charge is 0.308 e. The van der Waals surface area contributed by atoms with Crippen molar-refractivity contribution in [2.45, 2.75) is 0 Å². The van der Waals surface area contributed by atoms with E-state index in [1.807, 2.05) is 6.26 Å². The predicted molar refractivity (Wildman–Crippen MR) is 68.2 cm³/mol. The van der Waals surface area contributed by atoms with Gasteiger partial charge in [0.25, 0.3) is 0 Å². The van der Waals surface area contributed by atoms with E-state index in [0.29, 0.717) is 12.1 Å². The molecule has 0 saturated heterocycles. The maximum absolute atomic E-state index is 11.6. The van der Waals surface area contributed by atoms with Crippen LogP contribution in [0.5, 0.6) is 0 Å². The molecule has 0 aliphatic heterocycles. The van der Waals surface area contributed by atoms with Crippen molar-refractivity contribution in [3.8, 4) is 11.5 Å². The van der Waals surface area contributed by atoms with E-state index in [2.05, 4.69) is 20.5 Å². The lowest BCUT2D eigenvalue weighted by molar-refractivity contribution is 0.0922. The van der Waals surface area contributed by atoms with Crippen molar-refractivity contribution in [3.63, 3.8) is 0 Å². The summed E-state index contributed by atoms with van der Waals surface area (Å²) >= 11 is 1.65. The first-order valence-electron chi connectivity index (χ1n) is 5.32. The summed E-state index contributed by atoms with van der Waals surface area (Å²) in [6, 6.07) is 3.55. The third kappa shape index (κ3) is 3.07. The van der Waals surface area contributed by atoms with Gasteiger partial charge in [-0.05, 0) is 18.4 Å². The summed E-state index contributed by atoms with van der Waals surface area (Å²) in [6.07, 6.45) is 5.22. The van der Waals surface area contributed by atoms with Crippen LogP contribution in [0.15, 0.2) is 28.9 Å². The van der Waals surface area contributed by atoms with Gasteiger partial charge in [-0.2, -0.15) is 11.8 Å². The van der Waals surface area contributed by atoms with Crippen LogP contribution in [0.25, 0.3) is 11.5 Å². The van der Waals surface area contributed by atoms with Crippen molar-refractivity contribution >= 4 is 17.7 Å². The Morgan fingerprint density at radius 2 is 2.39 bits per heavy atom. The molecule has 18 heavy (non-hydrogen) atoms. The van der Waals surface area contributed by atoms with E-state index in [9.17, 15) is 4.79 Å². The highest BCUT2D eigenvalue weighted by molar-refractivity contribution is 7.98. The number of pyridine rings is 1. The summed E-state index contributed by atoms with van der Waals surface area (Å²) in [6.45, 7) is 0.574. The van der Waals surface area contributed by atoms with Crippen molar-refractivity contribution in [2.24, 2.45) is 0 Å². The van der Waals surface area contributed by atoms with E-state index in [0.717, 1.165) is 5.75 Å². The standard InChI is InChI=1S/C11H12N4O2S/c1-18-6-5-13-9(16)11-15-14-10(17-11)8-3-2-4-12-7-8/h2-4,7H,5-6H2,1H3,(H,13,16). The summed E-state index contributed by atoms with van der Waals surface area (Å²) in [5, 5.41) is 10.2. The topological polar surface area (TPSA) is 80.9 Å². The molecule has 2 heterocycles. The van der Waals surface area contributed by atoms with Crippen LogP contribution in [0, 0.1) is 0 Å². The predicted octanol–water partition coefficient (Wildman–Crippen LogP) is 1.22. The molecule has 1 amide bonds. The molecule has 0 aliphatic carbocycles. The molecule has 0 bridgehead atoms. The number of carbonyl (C=O) groups is 1. The highest BCUT2D eigenvalue weighted by atomic mass is 32.2. The first kappa shape index (κ1) is 12.6. The fourth-order valence-corrected chi connectivity index (χ4v) is 1.57. The molecule has 7 heteroatoms. The first-order valence-corrected chi connectivity index (χ1v) is 6.71. The average molecular weight is 264 g/mol. The minimum Gasteiger partial charge on any atom is -0.412 e. The molecule has 0 unspecified atom stereocenters. The largest absolute Gasteiger partial charge is 0.412 e. The van der Waals surface area contributed by atoms with Gasteiger partial charge in [-0.25, -0.2) is 0 Å². The summed E-state index contributed by atoms with van der Waals surface area (Å²) < 4.78 is 5.28. The second-order valence-electron chi connectivity index (χ2n) is 3.40. The van der Waals surface area contributed by atoms with E-state index in [1.165, 1.54) is 0 Å². The molecule has 6 nitrogen and oxygen atoms in total. The van der Waals surface area contributed by atoms with Crippen LogP contribution in [0.4, 0.5) is 0 Å². The van der Waals surface area contributed by atoms with Crippen LogP contribution in [0.3, 0.4) is 0 Å². The third-order valence-electron chi connectivity index (χ3n) is 2.12. The van der Waals surface area contributed by atoms with Crippen LogP contribution >= 0.6 is 11.8 Å². The van der Waals surface area contributed by atoms with Gasteiger partial charge in [0.15, 0.2) is 0 Å². The minimum absolute atomic E-state index is 0.0324. The SMILES string of the molecule is CSCCNC(=O)c1nnc(-c2cccnc2)o1. The fraction of sp³-hybridized carbons (Fsp3) is 0.273. The Morgan fingerprint density at radius 1 is 1.50 bits per heavy atom. The van der Waals surface area contributed by atoms with Crippen LogP contribution in [0.2, 0.25) is 0 Å². The lowest BCUT2D eigenvalue weighted by Crippen LogP contribution is -2.25. The molecule has 2 rings (SSSR count). The van der Waals surface area contributed by atoms with Gasteiger partial charge in [0.2, 0.25) is 5.89 Å². The molecular weight excluding hydrogens is 252 g/mol. The molecular formula is C11H12N4O2S. The van der Waals surface area contributed by atoms with Crippen molar-refractivity contribution in [2.75, 3.05) is 18.6 Å². The molecule has 2 aromatic heterocycles. The quantitative estimate of drug-likeness (QED) is 0.818. The molecule has 0 radical (unpaired) electrons. The second-order valence-corrected chi connectivity index (χ2v) is 4.39. The van der Waals surface area contributed by atoms with Crippen molar-refractivity contribution in [1.82, 2.24) is 20.5 Å². The van der Waals surface area contributed by atoms with Gasteiger partial charge in [0.05, 0.1) is 5.56 Å². The Balaban J connectivity index is 2.04. The average Bonchev–Trinajstić information content (AvgIpc) is 2.89. The molecule has 0 aromatic carbocycles. The molecule has 0 atom stereocenters. The van der Waals surface area contributed by atoms with Gasteiger partial charge in [0.1, 0.15) is 0 Å². The van der Waals surface area contributed by atoms with Gasteiger partial charge in [-0.3, -0.25) is 9.78 Å². The fourth-order valence-electron chi connectivity index (χ4n) is 1.26. The second kappa shape index (κ2) is 6.15. The van der Waals surface area contributed by atoms with E-state index >= 15 is 0 Å². The van der Waals surface area contributed by atoms with Gasteiger partial charge < -0.3 is 9.73 Å². The minimum atomic E-state index is -0.355. The molecule has 0 aliphatic rings. The number of rotatable bonds is 5. The van der Waals surface area contributed by atoms with E-state index in [1.54, 1.807) is 36.3 Å². The Morgan fingerprint density at radius 3 is 3.11 bits per heavy atom. The van der Waals surface area contributed by atoms with Gasteiger partial charge >= 0.3 is 11.8 Å². The van der Waals surface area contributed by atoms with Gasteiger partial charge in [0, 0.05) is 24.7 Å². The summed E-state index contributed by atoms with van der Waals surface area (Å²) in [5.41, 5.74) is 0.688. The monoisotopic (exact) mass is 264 g/mol. The lowest BCUT2D eigenvalue weighted by atomic mass is 10.3. The lowest BCUT2D eigenvalue weighted by Gasteiger charge is -1.98. The van der Waals surface area contributed by atoms with E-state index in [4.69, 9.17) is 4.42 Å². The zero-order chi connectivity index (χ0) is 12.8. The maximum Gasteiger partial charge on any atom is 0.308 e. The zero-order valence-corrected chi connectivity index (χ0v) is 10.6. The molecule has 0 fully saturated rings. The summed E-state index contributed by atoms with van der Waals surface area (Å²) in [7, 11) is 0. The Labute approximate surface area is 108 Å². The summed E-state index contributed by atoms with van der Waals surface area (Å²) in [4.78, 5) is 15.6. The number of hydrogen-bond acceptors (Lipinski definition) is 6. The number of hydrogen-bond donors (Lipinski definition) is 1. The Hall–Kier alpha value is -1.89. The number of nitrogens with zero attached hydrogens (tertiary/aromatic N) is 3. The molecule has 0 saturated carbocycles. The van der Waals surface area contributed by atoms with Crippen molar-refractivity contribution < 1.29 is 9.21 Å². The number of thioether (sulfide) groups is 1. The highest BCUT2D eigenvalue weighted by Gasteiger charge is 2.15. The molecule has 2 aromatic rings. The number of nitrogens with one attached hydrogen (secondary N) is 1. The van der Waals surface area contributed by atoms with Gasteiger partial charge in [-0.15, -0.1) is 10.2 Å². The van der Waals surface area contributed by atoms with Crippen molar-refractivity contribution in [3.05, 3.63) is 30.4 Å². The zero-order valence-electron chi connectivity index (χ0n) is 9.79. The Kier molecular flexibility index (Phi) is 4.30. The third-order valence-corrected chi connectivity index (χ3v) is 2.73. The Bertz CT molecular complexity index is 515. The molecule has 94 valence electrons. The van der Waals surface area contributed by atoms with Crippen LogP contribution in [0.1, 0.15) is 10.7 Å². The maximum atomic E-state index is 11.6. The van der Waals surface area contributed by atoms with Crippen molar-refractivity contribution in [1.29, 1.82) is 0 Å². The van der Waals surface area contributed by atoms with Crippen LogP contribution in [-0.4, -0.2) is 39.6 Å². The van der Waals surface area contributed by atoms with Crippen LogP contribution in [-0.2, 0) is 0 Å². The number of aromatic nitrogens is 3. The normalized spacial score (nSPS) is 10.3. The number of carbonyl (C=O) groups excluding carboxylic acids is 1. The van der Waals surface area contributed by atoms with Crippen LogP contribution < -0.4 is 5.32 Å². The first-order chi connectivity index (χ1) is 8.81. The van der Waals surface area contributed by atoms with E-state index in [-0.39, 0.29) is 17.7 Å². The summed E-state index contributed by atoms with van der Waals surface area (Å²) in [5.74, 6) is 0.745. The number of amides is 1.